The minimum atomic E-state index is -0.505. The van der Waals surface area contributed by atoms with Crippen molar-refractivity contribution in [1.82, 2.24) is 14.5 Å². The Hall–Kier alpha value is -2.77. The topological polar surface area (TPSA) is 63.0 Å². The molecule has 5 nitrogen and oxygen atoms in total. The lowest BCUT2D eigenvalue weighted by Gasteiger charge is -2.52. The van der Waals surface area contributed by atoms with Crippen LogP contribution in [0.5, 0.6) is 0 Å². The third kappa shape index (κ3) is 3.81. The van der Waals surface area contributed by atoms with Gasteiger partial charge in [0.05, 0.1) is 40.6 Å². The Bertz CT molecular complexity index is 1420. The summed E-state index contributed by atoms with van der Waals surface area (Å²) in [7, 11) is 0. The van der Waals surface area contributed by atoms with Crippen LogP contribution >= 0.6 is 11.3 Å². The lowest BCUT2D eigenvalue weighted by atomic mass is 9.56. The van der Waals surface area contributed by atoms with Crippen LogP contribution in [0, 0.1) is 23.1 Å². The predicted octanol–water partition coefficient (Wildman–Crippen LogP) is 7.04. The number of aliphatic hydroxyl groups excluding tert-OH is 1. The number of thiazole rings is 1. The number of para-hydroxylation sites is 1. The summed E-state index contributed by atoms with van der Waals surface area (Å²) in [5, 5.41) is 16.7. The van der Waals surface area contributed by atoms with Crippen molar-refractivity contribution >= 4 is 26.7 Å². The van der Waals surface area contributed by atoms with Crippen LogP contribution in [0.1, 0.15) is 63.5 Å². The van der Waals surface area contributed by atoms with Crippen LogP contribution in [0.2, 0.25) is 0 Å². The summed E-state index contributed by atoms with van der Waals surface area (Å²) in [6.45, 7) is 2.23. The third-order valence-corrected chi connectivity index (χ3v) is 10.5. The molecule has 7 heteroatoms. The molecule has 3 heterocycles. The SMILES string of the molecule is CCC1([C@H](O)C[C@@H]2c3c(F)cccc3-c3cncn32)CC2CCC(Nc3nc4ccccc4s3)C(C2)C1. The fourth-order valence-electron chi connectivity index (χ4n) is 7.72. The van der Waals surface area contributed by atoms with Crippen molar-refractivity contribution < 1.29 is 9.50 Å². The van der Waals surface area contributed by atoms with Crippen molar-refractivity contribution in [1.29, 1.82) is 0 Å². The molecule has 3 aliphatic rings. The van der Waals surface area contributed by atoms with Crippen LogP contribution in [0.25, 0.3) is 21.5 Å². The van der Waals surface area contributed by atoms with E-state index in [1.807, 2.05) is 18.3 Å². The lowest BCUT2D eigenvalue weighted by molar-refractivity contribution is -0.0629. The maximum atomic E-state index is 15.0. The summed E-state index contributed by atoms with van der Waals surface area (Å²) in [6.07, 6.45) is 10.1. The first kappa shape index (κ1) is 23.4. The van der Waals surface area contributed by atoms with Gasteiger partial charge in [0.25, 0.3) is 0 Å². The molecule has 2 aliphatic carbocycles. The molecular weight excluding hydrogens is 483 g/mol. The zero-order chi connectivity index (χ0) is 25.1. The summed E-state index contributed by atoms with van der Waals surface area (Å²) < 4.78 is 18.3. The van der Waals surface area contributed by atoms with Crippen LogP contribution in [0.4, 0.5) is 9.52 Å². The molecule has 37 heavy (non-hydrogen) atoms. The molecule has 192 valence electrons. The number of hydrogen-bond acceptors (Lipinski definition) is 5. The Morgan fingerprint density at radius 2 is 2.08 bits per heavy atom. The molecule has 2 saturated carbocycles. The summed E-state index contributed by atoms with van der Waals surface area (Å²) in [5.41, 5.74) is 3.44. The van der Waals surface area contributed by atoms with Crippen molar-refractivity contribution in [2.24, 2.45) is 17.3 Å². The number of fused-ring (bicyclic) bond motifs is 6. The van der Waals surface area contributed by atoms with Crippen LogP contribution in [-0.2, 0) is 0 Å². The highest BCUT2D eigenvalue weighted by Crippen LogP contribution is 2.55. The lowest BCUT2D eigenvalue weighted by Crippen LogP contribution is -2.49. The standard InChI is InChI=1S/C30H33FN4OS/c1-2-30(27(36)13-24-28-20(6-5-7-21(28)31)25-16-32-17-35(24)25)14-18-10-11-22(19(12-18)15-30)33-29-34-23-8-3-4-9-26(23)37-29/h3-9,16-19,22,24,27,36H,2,10-15H2,1H3,(H,33,34)/t18?,19?,22?,24-,27-,30?/m1/s1. The van der Waals surface area contributed by atoms with Crippen molar-refractivity contribution in [3.8, 4) is 11.3 Å². The third-order valence-electron chi connectivity index (χ3n) is 9.58. The molecule has 0 spiro atoms. The zero-order valence-electron chi connectivity index (χ0n) is 21.1. The largest absolute Gasteiger partial charge is 0.392 e. The molecule has 4 unspecified atom stereocenters. The van der Waals surface area contributed by atoms with Crippen LogP contribution < -0.4 is 5.32 Å². The molecule has 6 atom stereocenters. The maximum absolute atomic E-state index is 15.0. The summed E-state index contributed by atoms with van der Waals surface area (Å²) in [4.78, 5) is 9.17. The fraction of sp³-hybridized carbons (Fsp3) is 0.467. The Kier molecular flexibility index (Phi) is 5.63. The smallest absolute Gasteiger partial charge is 0.184 e. The number of hydrogen-bond donors (Lipinski definition) is 2. The first-order valence-electron chi connectivity index (χ1n) is 13.7. The second kappa shape index (κ2) is 8.91. The number of aromatic nitrogens is 3. The van der Waals surface area contributed by atoms with E-state index in [-0.39, 0.29) is 17.3 Å². The fourth-order valence-corrected chi connectivity index (χ4v) is 8.65. The van der Waals surface area contributed by atoms with Gasteiger partial charge in [-0.05, 0) is 80.4 Å². The maximum Gasteiger partial charge on any atom is 0.184 e. The number of benzene rings is 2. The van der Waals surface area contributed by atoms with E-state index in [1.165, 1.54) is 23.6 Å². The van der Waals surface area contributed by atoms with Crippen molar-refractivity contribution in [2.75, 3.05) is 5.32 Å². The molecule has 1 aliphatic heterocycles. The van der Waals surface area contributed by atoms with Crippen LogP contribution in [0.15, 0.2) is 55.0 Å². The number of halogens is 1. The molecule has 7 rings (SSSR count). The van der Waals surface area contributed by atoms with E-state index in [4.69, 9.17) is 4.98 Å². The minimum absolute atomic E-state index is 0.156. The molecule has 2 bridgehead atoms. The number of anilines is 1. The van der Waals surface area contributed by atoms with Crippen LogP contribution in [-0.4, -0.2) is 31.8 Å². The van der Waals surface area contributed by atoms with E-state index in [2.05, 4.69) is 40.0 Å². The number of aliphatic hydroxyl groups is 1. The van der Waals surface area contributed by atoms with E-state index in [1.54, 1.807) is 23.7 Å². The molecule has 0 saturated heterocycles. The number of rotatable bonds is 6. The molecule has 0 radical (unpaired) electrons. The number of nitrogens with one attached hydrogen (secondary N) is 1. The molecule has 2 aromatic heterocycles. The monoisotopic (exact) mass is 516 g/mol. The van der Waals surface area contributed by atoms with E-state index in [9.17, 15) is 5.11 Å². The van der Waals surface area contributed by atoms with Gasteiger partial charge in [0.15, 0.2) is 5.13 Å². The Morgan fingerprint density at radius 1 is 1.19 bits per heavy atom. The van der Waals surface area contributed by atoms with Gasteiger partial charge in [-0.1, -0.05) is 42.5 Å². The molecule has 2 aromatic carbocycles. The first-order chi connectivity index (χ1) is 18.0. The average molecular weight is 517 g/mol. The van der Waals surface area contributed by atoms with Gasteiger partial charge < -0.3 is 15.0 Å². The summed E-state index contributed by atoms with van der Waals surface area (Å²) >= 11 is 1.73. The van der Waals surface area contributed by atoms with E-state index in [0.717, 1.165) is 47.6 Å². The normalized spacial score (nSPS) is 29.2. The van der Waals surface area contributed by atoms with Crippen molar-refractivity contribution in [3.63, 3.8) is 0 Å². The van der Waals surface area contributed by atoms with Crippen molar-refractivity contribution in [3.05, 3.63) is 66.4 Å². The molecular formula is C30H33FN4OS. The second-order valence-electron chi connectivity index (χ2n) is 11.5. The highest BCUT2D eigenvalue weighted by molar-refractivity contribution is 7.22. The van der Waals surface area contributed by atoms with Gasteiger partial charge in [-0.15, -0.1) is 0 Å². The van der Waals surface area contributed by atoms with Crippen LogP contribution in [0.3, 0.4) is 0 Å². The molecule has 0 amide bonds. The molecule has 4 aromatic rings. The van der Waals surface area contributed by atoms with E-state index in [0.29, 0.717) is 29.9 Å². The van der Waals surface area contributed by atoms with Gasteiger partial charge in [-0.3, -0.25) is 0 Å². The van der Waals surface area contributed by atoms with Gasteiger partial charge in [0, 0.05) is 17.2 Å². The Balaban J connectivity index is 1.14. The van der Waals surface area contributed by atoms with Gasteiger partial charge in [0.2, 0.25) is 0 Å². The van der Waals surface area contributed by atoms with E-state index >= 15 is 4.39 Å². The average Bonchev–Trinajstić information content (AvgIpc) is 3.61. The Labute approximate surface area is 220 Å². The molecule has 2 N–H and O–H groups in total. The quantitative estimate of drug-likeness (QED) is 0.289. The van der Waals surface area contributed by atoms with Gasteiger partial charge in [-0.2, -0.15) is 0 Å². The predicted molar refractivity (Wildman–Crippen MR) is 146 cm³/mol. The zero-order valence-corrected chi connectivity index (χ0v) is 21.9. The van der Waals surface area contributed by atoms with Gasteiger partial charge in [-0.25, -0.2) is 14.4 Å². The number of nitrogens with zero attached hydrogens (tertiary/aromatic N) is 3. The summed E-state index contributed by atoms with van der Waals surface area (Å²) in [5.74, 6) is 0.952. The second-order valence-corrected chi connectivity index (χ2v) is 12.5. The highest BCUT2D eigenvalue weighted by Gasteiger charge is 2.49. The Morgan fingerprint density at radius 3 is 2.95 bits per heavy atom. The molecule has 2 fully saturated rings. The first-order valence-corrected chi connectivity index (χ1v) is 14.5. The summed E-state index contributed by atoms with van der Waals surface area (Å²) in [6, 6.07) is 13.7. The van der Waals surface area contributed by atoms with E-state index < -0.39 is 6.10 Å². The highest BCUT2D eigenvalue weighted by atomic mass is 32.1. The van der Waals surface area contributed by atoms with Crippen molar-refractivity contribution in [2.45, 2.75) is 70.1 Å². The minimum Gasteiger partial charge on any atom is -0.392 e. The van der Waals surface area contributed by atoms with Gasteiger partial charge >= 0.3 is 0 Å². The van der Waals surface area contributed by atoms with Gasteiger partial charge in [0.1, 0.15) is 5.82 Å². The number of imidazole rings is 1.